The van der Waals surface area contributed by atoms with E-state index in [1.807, 2.05) is 18.7 Å². The first-order valence-corrected chi connectivity index (χ1v) is 4.04. The van der Waals surface area contributed by atoms with Crippen LogP contribution in [0.3, 0.4) is 0 Å². The number of carbonyl (C=O) groups excluding carboxylic acids is 2. The van der Waals surface area contributed by atoms with Gasteiger partial charge in [-0.05, 0) is 13.8 Å². The van der Waals surface area contributed by atoms with E-state index in [1.54, 1.807) is 0 Å². The lowest BCUT2D eigenvalue weighted by Gasteiger charge is -2.23. The van der Waals surface area contributed by atoms with Gasteiger partial charge in [-0.1, -0.05) is 0 Å². The van der Waals surface area contributed by atoms with Gasteiger partial charge in [-0.25, -0.2) is 0 Å². The molecule has 0 aromatic carbocycles. The maximum atomic E-state index is 10.6. The maximum Gasteiger partial charge on any atom is 0.231 e. The van der Waals surface area contributed by atoms with Crippen LogP contribution >= 0.6 is 0 Å². The van der Waals surface area contributed by atoms with Crippen molar-refractivity contribution in [1.82, 2.24) is 4.90 Å². The molecule has 0 aliphatic heterocycles. The van der Waals surface area contributed by atoms with Crippen LogP contribution in [0, 0.1) is 0 Å². The van der Waals surface area contributed by atoms with E-state index in [9.17, 15) is 9.59 Å². The van der Waals surface area contributed by atoms with Crippen LogP contribution in [0.25, 0.3) is 0 Å². The van der Waals surface area contributed by atoms with Crippen LogP contribution in [0.4, 0.5) is 0 Å². The Morgan fingerprint density at radius 1 is 1.58 bits per heavy atom. The highest BCUT2D eigenvalue weighted by molar-refractivity contribution is 5.76. The van der Waals surface area contributed by atoms with E-state index in [4.69, 9.17) is 5.73 Å². The van der Waals surface area contributed by atoms with Gasteiger partial charge in [0, 0.05) is 19.0 Å². The number of rotatable bonds is 6. The van der Waals surface area contributed by atoms with Gasteiger partial charge < -0.3 is 10.5 Å². The van der Waals surface area contributed by atoms with Crippen LogP contribution in [-0.2, 0) is 9.59 Å². The third-order valence-corrected chi connectivity index (χ3v) is 1.62. The van der Waals surface area contributed by atoms with Gasteiger partial charge in [0.15, 0.2) is 0 Å². The van der Waals surface area contributed by atoms with Crippen LogP contribution in [0.1, 0.15) is 20.3 Å². The summed E-state index contributed by atoms with van der Waals surface area (Å²) < 4.78 is 0. The molecule has 0 unspecified atom stereocenters. The molecule has 0 bridgehead atoms. The van der Waals surface area contributed by atoms with Crippen molar-refractivity contribution in [3.05, 3.63) is 0 Å². The number of aldehydes is 1. The van der Waals surface area contributed by atoms with Crippen molar-refractivity contribution in [3.8, 4) is 0 Å². The summed E-state index contributed by atoms with van der Waals surface area (Å²) in [7, 11) is 0. The van der Waals surface area contributed by atoms with E-state index in [-0.39, 0.29) is 18.5 Å². The molecule has 0 saturated heterocycles. The second-order valence-corrected chi connectivity index (χ2v) is 2.99. The van der Waals surface area contributed by atoms with Crippen molar-refractivity contribution in [3.63, 3.8) is 0 Å². The zero-order valence-corrected chi connectivity index (χ0v) is 7.62. The lowest BCUT2D eigenvalue weighted by molar-refractivity contribution is -0.120. The Labute approximate surface area is 72.7 Å². The first-order chi connectivity index (χ1) is 5.57. The molecule has 0 aliphatic carbocycles. The molecule has 0 atom stereocenters. The minimum atomic E-state index is -0.352. The van der Waals surface area contributed by atoms with Crippen LogP contribution in [0.5, 0.6) is 0 Å². The number of hydrogen-bond acceptors (Lipinski definition) is 3. The van der Waals surface area contributed by atoms with E-state index in [0.717, 1.165) is 6.29 Å². The second-order valence-electron chi connectivity index (χ2n) is 2.99. The monoisotopic (exact) mass is 172 g/mol. The standard InChI is InChI=1S/C8H16N2O2/c1-7(2)10(4-3-5-11)6-8(9)12/h5,7H,3-4,6H2,1-2H3,(H2,9,12). The average Bonchev–Trinajstić information content (AvgIpc) is 1.96. The lowest BCUT2D eigenvalue weighted by Crippen LogP contribution is -2.39. The van der Waals surface area contributed by atoms with E-state index in [0.29, 0.717) is 13.0 Å². The van der Waals surface area contributed by atoms with Gasteiger partial charge in [0.1, 0.15) is 6.29 Å². The summed E-state index contributed by atoms with van der Waals surface area (Å²) in [5, 5.41) is 0. The van der Waals surface area contributed by atoms with Gasteiger partial charge >= 0.3 is 0 Å². The maximum absolute atomic E-state index is 10.6. The first-order valence-electron chi connectivity index (χ1n) is 4.04. The number of nitrogens with two attached hydrogens (primary N) is 1. The lowest BCUT2D eigenvalue weighted by atomic mass is 10.3. The Bertz CT molecular complexity index is 157. The fraction of sp³-hybridized carbons (Fsp3) is 0.750. The Morgan fingerprint density at radius 2 is 2.17 bits per heavy atom. The molecule has 4 nitrogen and oxygen atoms in total. The summed E-state index contributed by atoms with van der Waals surface area (Å²) in [4.78, 5) is 22.5. The Kier molecular flexibility index (Phi) is 5.28. The fourth-order valence-corrected chi connectivity index (χ4v) is 0.939. The second kappa shape index (κ2) is 5.71. The Hall–Kier alpha value is -0.900. The van der Waals surface area contributed by atoms with Gasteiger partial charge in [-0.2, -0.15) is 0 Å². The SMILES string of the molecule is CC(C)N(CCC=O)CC(N)=O. The van der Waals surface area contributed by atoms with Crippen molar-refractivity contribution in [2.45, 2.75) is 26.3 Å². The van der Waals surface area contributed by atoms with Gasteiger partial charge in [-0.3, -0.25) is 9.69 Å². The molecule has 0 spiro atoms. The van der Waals surface area contributed by atoms with Gasteiger partial charge in [0.25, 0.3) is 0 Å². The first kappa shape index (κ1) is 11.1. The Balaban J connectivity index is 3.85. The Morgan fingerprint density at radius 3 is 2.50 bits per heavy atom. The largest absolute Gasteiger partial charge is 0.369 e. The van der Waals surface area contributed by atoms with Crippen molar-refractivity contribution >= 4 is 12.2 Å². The summed E-state index contributed by atoms with van der Waals surface area (Å²) in [6.07, 6.45) is 1.29. The summed E-state index contributed by atoms with van der Waals surface area (Å²) in [6.45, 7) is 4.76. The number of amides is 1. The van der Waals surface area contributed by atoms with E-state index < -0.39 is 0 Å². The average molecular weight is 172 g/mol. The molecule has 0 aromatic heterocycles. The zero-order valence-electron chi connectivity index (χ0n) is 7.62. The minimum Gasteiger partial charge on any atom is -0.369 e. The van der Waals surface area contributed by atoms with Crippen molar-refractivity contribution in [1.29, 1.82) is 0 Å². The molecule has 0 aromatic rings. The van der Waals surface area contributed by atoms with E-state index in [2.05, 4.69) is 0 Å². The molecular formula is C8H16N2O2. The molecule has 0 saturated carbocycles. The predicted molar refractivity (Wildman–Crippen MR) is 46.6 cm³/mol. The summed E-state index contributed by atoms with van der Waals surface area (Å²) in [5.74, 6) is -0.352. The van der Waals surface area contributed by atoms with E-state index in [1.165, 1.54) is 0 Å². The number of carbonyl (C=O) groups is 2. The molecule has 70 valence electrons. The van der Waals surface area contributed by atoms with Gasteiger partial charge in [0.05, 0.1) is 6.54 Å². The number of hydrogen-bond donors (Lipinski definition) is 1. The number of primary amides is 1. The number of nitrogens with zero attached hydrogens (tertiary/aromatic N) is 1. The molecule has 0 rings (SSSR count). The van der Waals surface area contributed by atoms with Crippen LogP contribution in [0.2, 0.25) is 0 Å². The molecule has 12 heavy (non-hydrogen) atoms. The zero-order chi connectivity index (χ0) is 9.56. The summed E-state index contributed by atoms with van der Waals surface area (Å²) >= 11 is 0. The highest BCUT2D eigenvalue weighted by Crippen LogP contribution is 1.97. The van der Waals surface area contributed by atoms with Crippen molar-refractivity contribution in [2.24, 2.45) is 5.73 Å². The van der Waals surface area contributed by atoms with Crippen LogP contribution in [-0.4, -0.2) is 36.2 Å². The predicted octanol–water partition coefficient (Wildman–Crippen LogP) is -0.229. The highest BCUT2D eigenvalue weighted by atomic mass is 16.1. The topological polar surface area (TPSA) is 63.4 Å². The molecular weight excluding hydrogens is 156 g/mol. The van der Waals surface area contributed by atoms with Gasteiger partial charge in [-0.15, -0.1) is 0 Å². The fourth-order valence-electron chi connectivity index (χ4n) is 0.939. The van der Waals surface area contributed by atoms with Crippen molar-refractivity contribution < 1.29 is 9.59 Å². The van der Waals surface area contributed by atoms with Crippen LogP contribution < -0.4 is 5.73 Å². The van der Waals surface area contributed by atoms with E-state index >= 15 is 0 Å². The smallest absolute Gasteiger partial charge is 0.231 e. The molecule has 2 N–H and O–H groups in total. The molecule has 0 radical (unpaired) electrons. The molecule has 0 fully saturated rings. The van der Waals surface area contributed by atoms with Crippen molar-refractivity contribution in [2.75, 3.05) is 13.1 Å². The molecule has 4 heteroatoms. The van der Waals surface area contributed by atoms with Gasteiger partial charge in [0.2, 0.25) is 5.91 Å². The third-order valence-electron chi connectivity index (χ3n) is 1.62. The third kappa shape index (κ3) is 4.85. The summed E-state index contributed by atoms with van der Waals surface area (Å²) in [5.41, 5.74) is 5.03. The minimum absolute atomic E-state index is 0.228. The molecule has 0 aliphatic rings. The quantitative estimate of drug-likeness (QED) is 0.563. The summed E-state index contributed by atoms with van der Waals surface area (Å²) in [6, 6.07) is 0.248. The normalized spacial score (nSPS) is 10.7. The molecule has 0 heterocycles. The highest BCUT2D eigenvalue weighted by Gasteiger charge is 2.10. The van der Waals surface area contributed by atoms with Crippen LogP contribution in [0.15, 0.2) is 0 Å². The molecule has 1 amide bonds.